The van der Waals surface area contributed by atoms with E-state index in [-0.39, 0.29) is 6.04 Å². The molecule has 0 fully saturated rings. The van der Waals surface area contributed by atoms with Crippen LogP contribution in [0.5, 0.6) is 5.75 Å². The zero-order valence-electron chi connectivity index (χ0n) is 12.0. The molecule has 1 atom stereocenters. The molecule has 1 aromatic heterocycles. The van der Waals surface area contributed by atoms with Crippen LogP contribution in [-0.2, 0) is 6.54 Å². The maximum atomic E-state index is 6.47. The number of aryl methyl sites for hydroxylation is 3. The van der Waals surface area contributed by atoms with Crippen molar-refractivity contribution < 1.29 is 4.74 Å². The van der Waals surface area contributed by atoms with E-state index in [9.17, 15) is 0 Å². The zero-order valence-corrected chi connectivity index (χ0v) is 12.0. The Kier molecular flexibility index (Phi) is 3.90. The zero-order chi connectivity index (χ0) is 14.0. The average molecular weight is 259 g/mol. The first-order valence-corrected chi connectivity index (χ1v) is 6.51. The molecule has 4 nitrogen and oxygen atoms in total. The molecule has 0 amide bonds. The van der Waals surface area contributed by atoms with E-state index in [0.717, 1.165) is 23.6 Å². The van der Waals surface area contributed by atoms with Crippen molar-refractivity contribution in [3.63, 3.8) is 0 Å². The topological polar surface area (TPSA) is 53.1 Å². The number of methoxy groups -OCH3 is 1. The molecule has 0 saturated carbocycles. The summed E-state index contributed by atoms with van der Waals surface area (Å²) in [5, 5.41) is 4.32. The molecule has 0 spiro atoms. The summed E-state index contributed by atoms with van der Waals surface area (Å²) < 4.78 is 7.29. The third-order valence-corrected chi connectivity index (χ3v) is 3.51. The van der Waals surface area contributed by atoms with Crippen LogP contribution in [-0.4, -0.2) is 16.9 Å². The number of ether oxygens (including phenoxy) is 1. The van der Waals surface area contributed by atoms with Crippen molar-refractivity contribution in [3.8, 4) is 5.75 Å². The summed E-state index contributed by atoms with van der Waals surface area (Å²) in [4.78, 5) is 0. The largest absolute Gasteiger partial charge is 0.493 e. The third-order valence-electron chi connectivity index (χ3n) is 3.51. The molecule has 0 radical (unpaired) electrons. The molecular weight excluding hydrogens is 238 g/mol. The molecule has 0 saturated heterocycles. The molecule has 1 heterocycles. The predicted octanol–water partition coefficient (Wildman–Crippen LogP) is 2.58. The molecule has 2 aromatic rings. The van der Waals surface area contributed by atoms with E-state index >= 15 is 0 Å². The van der Waals surface area contributed by atoms with Crippen LogP contribution in [0.3, 0.4) is 0 Å². The van der Waals surface area contributed by atoms with Gasteiger partial charge in [0.05, 0.1) is 19.3 Å². The second-order valence-corrected chi connectivity index (χ2v) is 4.70. The smallest absolute Gasteiger partial charge is 0.161 e. The molecule has 1 unspecified atom stereocenters. The van der Waals surface area contributed by atoms with E-state index in [1.54, 1.807) is 13.3 Å². The molecule has 102 valence electrons. The first kappa shape index (κ1) is 13.6. The quantitative estimate of drug-likeness (QED) is 0.918. The van der Waals surface area contributed by atoms with Crippen molar-refractivity contribution in [2.75, 3.05) is 7.11 Å². The van der Waals surface area contributed by atoms with Gasteiger partial charge in [0.25, 0.3) is 0 Å². The van der Waals surface area contributed by atoms with E-state index in [1.807, 2.05) is 11.6 Å². The second kappa shape index (κ2) is 5.45. The maximum absolute atomic E-state index is 6.47. The summed E-state index contributed by atoms with van der Waals surface area (Å²) in [6, 6.07) is 6.00. The maximum Gasteiger partial charge on any atom is 0.161 e. The fourth-order valence-electron chi connectivity index (χ4n) is 2.56. The summed E-state index contributed by atoms with van der Waals surface area (Å²) in [7, 11) is 1.65. The summed E-state index contributed by atoms with van der Waals surface area (Å²) in [5.41, 5.74) is 10.9. The van der Waals surface area contributed by atoms with Crippen LogP contribution in [0.15, 0.2) is 24.4 Å². The molecule has 4 heteroatoms. The minimum atomic E-state index is -0.224. The Morgan fingerprint density at radius 2 is 1.95 bits per heavy atom. The Labute approximate surface area is 114 Å². The van der Waals surface area contributed by atoms with Gasteiger partial charge in [-0.25, -0.2) is 0 Å². The highest BCUT2D eigenvalue weighted by Gasteiger charge is 2.22. The lowest BCUT2D eigenvalue weighted by atomic mass is 9.94. The fraction of sp³-hybridized carbons (Fsp3) is 0.400. The van der Waals surface area contributed by atoms with Gasteiger partial charge in [-0.3, -0.25) is 4.68 Å². The number of hydrogen-bond acceptors (Lipinski definition) is 3. The Morgan fingerprint density at radius 3 is 2.47 bits per heavy atom. The number of rotatable bonds is 4. The minimum Gasteiger partial charge on any atom is -0.493 e. The van der Waals surface area contributed by atoms with Crippen LogP contribution < -0.4 is 10.5 Å². The van der Waals surface area contributed by atoms with Crippen molar-refractivity contribution in [1.82, 2.24) is 9.78 Å². The Bertz CT molecular complexity index is 533. The Morgan fingerprint density at radius 1 is 1.32 bits per heavy atom. The van der Waals surface area contributed by atoms with E-state index in [1.165, 1.54) is 11.1 Å². The minimum absolute atomic E-state index is 0.224. The van der Waals surface area contributed by atoms with Crippen LogP contribution in [0, 0.1) is 13.8 Å². The van der Waals surface area contributed by atoms with Gasteiger partial charge in [-0.15, -0.1) is 0 Å². The lowest BCUT2D eigenvalue weighted by Crippen LogP contribution is -2.20. The van der Waals surface area contributed by atoms with Gasteiger partial charge in [-0.1, -0.05) is 18.2 Å². The predicted molar refractivity (Wildman–Crippen MR) is 76.4 cm³/mol. The SMILES string of the molecule is CCn1ncc(OC)c1C(N)c1c(C)cccc1C. The molecule has 1 aromatic carbocycles. The molecule has 2 rings (SSSR count). The van der Waals surface area contributed by atoms with Crippen molar-refractivity contribution in [2.45, 2.75) is 33.4 Å². The van der Waals surface area contributed by atoms with Crippen molar-refractivity contribution in [3.05, 3.63) is 46.8 Å². The van der Waals surface area contributed by atoms with E-state index in [4.69, 9.17) is 10.5 Å². The number of aromatic nitrogens is 2. The van der Waals surface area contributed by atoms with Crippen LogP contribution in [0.25, 0.3) is 0 Å². The number of benzene rings is 1. The Hall–Kier alpha value is -1.81. The van der Waals surface area contributed by atoms with Gasteiger partial charge in [-0.05, 0) is 37.5 Å². The van der Waals surface area contributed by atoms with Gasteiger partial charge in [-0.2, -0.15) is 5.10 Å². The first-order chi connectivity index (χ1) is 9.10. The normalized spacial score (nSPS) is 12.5. The van der Waals surface area contributed by atoms with Gasteiger partial charge in [0, 0.05) is 6.54 Å². The van der Waals surface area contributed by atoms with Gasteiger partial charge < -0.3 is 10.5 Å². The van der Waals surface area contributed by atoms with Gasteiger partial charge in [0.15, 0.2) is 5.75 Å². The van der Waals surface area contributed by atoms with Crippen LogP contribution in [0.4, 0.5) is 0 Å². The molecule has 0 bridgehead atoms. The number of nitrogens with two attached hydrogens (primary N) is 1. The Balaban J connectivity index is 2.55. The lowest BCUT2D eigenvalue weighted by Gasteiger charge is -2.19. The fourth-order valence-corrected chi connectivity index (χ4v) is 2.56. The molecular formula is C15H21N3O. The molecule has 2 N–H and O–H groups in total. The standard InChI is InChI=1S/C15H21N3O/c1-5-18-15(12(19-4)9-17-18)14(16)13-10(2)7-6-8-11(13)3/h6-9,14H,5,16H2,1-4H3. The number of nitrogens with zero attached hydrogens (tertiary/aromatic N) is 2. The number of hydrogen-bond donors (Lipinski definition) is 1. The summed E-state index contributed by atoms with van der Waals surface area (Å²) in [6.45, 7) is 6.99. The van der Waals surface area contributed by atoms with Crippen LogP contribution >= 0.6 is 0 Å². The third kappa shape index (κ3) is 2.36. The molecule has 0 aliphatic carbocycles. The molecule has 0 aliphatic heterocycles. The summed E-state index contributed by atoms with van der Waals surface area (Å²) in [5.74, 6) is 0.747. The lowest BCUT2D eigenvalue weighted by molar-refractivity contribution is 0.404. The van der Waals surface area contributed by atoms with Gasteiger partial charge in [0.1, 0.15) is 5.69 Å². The summed E-state index contributed by atoms with van der Waals surface area (Å²) in [6.07, 6.45) is 1.73. The highest BCUT2D eigenvalue weighted by atomic mass is 16.5. The van der Waals surface area contributed by atoms with Gasteiger partial charge >= 0.3 is 0 Å². The van der Waals surface area contributed by atoms with Crippen molar-refractivity contribution in [1.29, 1.82) is 0 Å². The highest BCUT2D eigenvalue weighted by Crippen LogP contribution is 2.31. The average Bonchev–Trinajstić information content (AvgIpc) is 2.81. The van der Waals surface area contributed by atoms with Crippen molar-refractivity contribution in [2.24, 2.45) is 5.73 Å². The highest BCUT2D eigenvalue weighted by molar-refractivity contribution is 5.43. The molecule has 0 aliphatic rings. The van der Waals surface area contributed by atoms with E-state index in [2.05, 4.69) is 37.1 Å². The second-order valence-electron chi connectivity index (χ2n) is 4.70. The van der Waals surface area contributed by atoms with Crippen LogP contribution in [0.1, 0.15) is 35.3 Å². The van der Waals surface area contributed by atoms with E-state index in [0.29, 0.717) is 0 Å². The van der Waals surface area contributed by atoms with Crippen LogP contribution in [0.2, 0.25) is 0 Å². The van der Waals surface area contributed by atoms with Gasteiger partial charge in [0.2, 0.25) is 0 Å². The first-order valence-electron chi connectivity index (χ1n) is 6.51. The molecule has 19 heavy (non-hydrogen) atoms. The monoisotopic (exact) mass is 259 g/mol. The van der Waals surface area contributed by atoms with E-state index < -0.39 is 0 Å². The van der Waals surface area contributed by atoms with Crippen molar-refractivity contribution >= 4 is 0 Å². The summed E-state index contributed by atoms with van der Waals surface area (Å²) >= 11 is 0.